The van der Waals surface area contributed by atoms with Crippen molar-refractivity contribution in [1.82, 2.24) is 0 Å². The van der Waals surface area contributed by atoms with Crippen molar-refractivity contribution in [3.8, 4) is 11.8 Å². The Morgan fingerprint density at radius 3 is 2.57 bits per heavy atom. The van der Waals surface area contributed by atoms with Crippen molar-refractivity contribution in [3.05, 3.63) is 59.2 Å². The number of ether oxygens (including phenoxy) is 1. The third kappa shape index (κ3) is 2.56. The van der Waals surface area contributed by atoms with Crippen LogP contribution in [-0.2, 0) is 12.2 Å². The molecule has 0 saturated carbocycles. The Morgan fingerprint density at radius 1 is 1.22 bits per heavy atom. The predicted molar refractivity (Wildman–Crippen MR) is 82.3 cm³/mol. The fourth-order valence-electron chi connectivity index (χ4n) is 2.48. The van der Waals surface area contributed by atoms with Crippen LogP contribution in [0.1, 0.15) is 23.6 Å². The Hall–Kier alpha value is -2.10. The summed E-state index contributed by atoms with van der Waals surface area (Å²) in [6.45, 7) is 1.23. The van der Waals surface area contributed by atoms with Crippen molar-refractivity contribution < 1.29 is 18.6 Å². The fraction of sp³-hybridized carbons (Fsp3) is 0.235. The van der Waals surface area contributed by atoms with Crippen molar-refractivity contribution in [2.24, 2.45) is 0 Å². The molecule has 0 amide bonds. The van der Waals surface area contributed by atoms with Gasteiger partial charge in [-0.15, -0.1) is 0 Å². The second-order valence-electron chi connectivity index (χ2n) is 5.39. The zero-order valence-electron chi connectivity index (χ0n) is 12.2. The van der Waals surface area contributed by atoms with E-state index in [0.29, 0.717) is 0 Å². The molecule has 1 aliphatic rings. The van der Waals surface area contributed by atoms with E-state index in [1.165, 1.54) is 12.1 Å². The maximum atomic E-state index is 14.0. The summed E-state index contributed by atoms with van der Waals surface area (Å²) in [5, 5.41) is 16.2. The number of halogens is 2. The lowest BCUT2D eigenvalue weighted by Gasteiger charge is -2.25. The van der Waals surface area contributed by atoms with Gasteiger partial charge in [-0.2, -0.15) is 14.0 Å². The Labute approximate surface area is 136 Å². The van der Waals surface area contributed by atoms with Crippen molar-refractivity contribution in [1.29, 1.82) is 5.26 Å². The minimum atomic E-state index is -3.39. The van der Waals surface area contributed by atoms with Gasteiger partial charge in [-0.1, -0.05) is 30.3 Å². The normalized spacial score (nSPS) is 21.5. The summed E-state index contributed by atoms with van der Waals surface area (Å²) in [4.78, 5) is 0.198. The Bertz CT molecular complexity index is 785. The molecule has 0 fully saturated rings. The summed E-state index contributed by atoms with van der Waals surface area (Å²) in [7, 11) is 0. The highest BCUT2D eigenvalue weighted by Crippen LogP contribution is 2.59. The average molecular weight is 333 g/mol. The molecule has 3 nitrogen and oxygen atoms in total. The van der Waals surface area contributed by atoms with Crippen LogP contribution in [0.15, 0.2) is 47.4 Å². The van der Waals surface area contributed by atoms with Crippen molar-refractivity contribution in [3.63, 3.8) is 0 Å². The molecule has 0 aromatic heterocycles. The number of alkyl halides is 2. The van der Waals surface area contributed by atoms with E-state index in [1.54, 1.807) is 0 Å². The largest absolute Gasteiger partial charge is 0.488 e. The monoisotopic (exact) mass is 333 g/mol. The minimum Gasteiger partial charge on any atom is -0.488 e. The van der Waals surface area contributed by atoms with Crippen LogP contribution in [0.4, 0.5) is 8.78 Å². The Balaban J connectivity index is 1.98. The smallest absolute Gasteiger partial charge is 0.330 e. The van der Waals surface area contributed by atoms with Gasteiger partial charge in [-0.3, -0.25) is 0 Å². The van der Waals surface area contributed by atoms with Crippen molar-refractivity contribution >= 4 is 11.8 Å². The molecule has 1 unspecified atom stereocenters. The van der Waals surface area contributed by atoms with E-state index in [2.05, 4.69) is 0 Å². The van der Waals surface area contributed by atoms with Crippen LogP contribution in [0.5, 0.6) is 5.75 Å². The summed E-state index contributed by atoms with van der Waals surface area (Å²) in [6, 6.07) is 14.1. The molecule has 2 aromatic rings. The molecule has 1 aliphatic heterocycles. The molecule has 2 aromatic carbocycles. The van der Waals surface area contributed by atoms with Gasteiger partial charge in [0.15, 0.2) is 5.60 Å². The first kappa shape index (κ1) is 15.8. The number of thioether (sulfide) groups is 1. The summed E-state index contributed by atoms with van der Waals surface area (Å²) in [6.07, 6.45) is 0. The maximum Gasteiger partial charge on any atom is 0.330 e. The standard InChI is InChI=1S/C17H13F2NO2S/c1-16(21)15-12(9-20)13(7-8-14(15)23-17(16,18)19)22-10-11-5-3-2-4-6-11/h2-8,21H,10H2,1H3. The Morgan fingerprint density at radius 2 is 1.91 bits per heavy atom. The molecule has 1 N–H and O–H groups in total. The molecule has 0 radical (unpaired) electrons. The number of nitrogens with zero attached hydrogens (tertiary/aromatic N) is 1. The molecule has 0 aliphatic carbocycles. The third-order valence-corrected chi connectivity index (χ3v) is 4.98. The van der Waals surface area contributed by atoms with E-state index >= 15 is 0 Å². The van der Waals surface area contributed by atoms with Crippen LogP contribution in [0.25, 0.3) is 0 Å². The molecule has 118 valence electrons. The quantitative estimate of drug-likeness (QED) is 0.921. The topological polar surface area (TPSA) is 53.2 Å². The SMILES string of the molecule is CC1(O)c2c(ccc(OCc3ccccc3)c2C#N)SC1(F)F. The maximum absolute atomic E-state index is 14.0. The van der Waals surface area contributed by atoms with E-state index in [4.69, 9.17) is 4.74 Å². The lowest BCUT2D eigenvalue weighted by atomic mass is 9.91. The van der Waals surface area contributed by atoms with Gasteiger partial charge in [0.05, 0.1) is 0 Å². The van der Waals surface area contributed by atoms with E-state index in [-0.39, 0.29) is 40.1 Å². The van der Waals surface area contributed by atoms with Gasteiger partial charge in [-0.05, 0) is 36.4 Å². The first-order valence-electron chi connectivity index (χ1n) is 6.90. The van der Waals surface area contributed by atoms with Crippen molar-refractivity contribution in [2.75, 3.05) is 0 Å². The molecule has 0 saturated heterocycles. The number of hydrogen-bond donors (Lipinski definition) is 1. The number of hydrogen-bond acceptors (Lipinski definition) is 4. The van der Waals surface area contributed by atoms with Gasteiger partial charge < -0.3 is 9.84 Å². The van der Waals surface area contributed by atoms with Gasteiger partial charge in [0.1, 0.15) is 24.0 Å². The highest BCUT2D eigenvalue weighted by Gasteiger charge is 2.59. The average Bonchev–Trinajstić information content (AvgIpc) is 2.71. The summed E-state index contributed by atoms with van der Waals surface area (Å²) < 4.78 is 33.6. The van der Waals surface area contributed by atoms with E-state index in [9.17, 15) is 19.1 Å². The third-order valence-electron chi connectivity index (χ3n) is 3.77. The fourth-order valence-corrected chi connectivity index (χ4v) is 3.60. The van der Waals surface area contributed by atoms with Crippen LogP contribution >= 0.6 is 11.8 Å². The number of benzene rings is 2. The molecule has 0 bridgehead atoms. The zero-order valence-corrected chi connectivity index (χ0v) is 13.0. The van der Waals surface area contributed by atoms with Crippen LogP contribution in [-0.4, -0.2) is 10.4 Å². The number of fused-ring (bicyclic) bond motifs is 1. The summed E-state index contributed by atoms with van der Waals surface area (Å²) >= 11 is 0.263. The summed E-state index contributed by atoms with van der Waals surface area (Å²) in [5.41, 5.74) is -1.64. The molecule has 6 heteroatoms. The van der Waals surface area contributed by atoms with Crippen LogP contribution < -0.4 is 4.74 Å². The number of nitriles is 1. The number of aliphatic hydroxyl groups is 1. The highest BCUT2D eigenvalue weighted by atomic mass is 32.2. The van der Waals surface area contributed by atoms with Crippen LogP contribution in [0, 0.1) is 11.3 Å². The molecule has 1 atom stereocenters. The number of rotatable bonds is 3. The van der Waals surface area contributed by atoms with Gasteiger partial charge in [-0.25, -0.2) is 0 Å². The second-order valence-corrected chi connectivity index (χ2v) is 6.55. The van der Waals surface area contributed by atoms with Gasteiger partial charge in [0.25, 0.3) is 0 Å². The summed E-state index contributed by atoms with van der Waals surface area (Å²) in [5.74, 6) is 0.189. The van der Waals surface area contributed by atoms with Gasteiger partial charge >= 0.3 is 5.25 Å². The molecule has 23 heavy (non-hydrogen) atoms. The van der Waals surface area contributed by atoms with E-state index in [1.807, 2.05) is 36.4 Å². The van der Waals surface area contributed by atoms with Crippen molar-refractivity contribution in [2.45, 2.75) is 29.3 Å². The minimum absolute atomic E-state index is 0.0480. The van der Waals surface area contributed by atoms with Crippen LogP contribution in [0.3, 0.4) is 0 Å². The second kappa shape index (κ2) is 5.52. The van der Waals surface area contributed by atoms with Gasteiger partial charge in [0.2, 0.25) is 0 Å². The van der Waals surface area contributed by atoms with Gasteiger partial charge in [0, 0.05) is 10.5 Å². The lowest BCUT2D eigenvalue weighted by Crippen LogP contribution is -2.36. The first-order chi connectivity index (χ1) is 10.9. The molecular weight excluding hydrogens is 320 g/mol. The Kier molecular flexibility index (Phi) is 3.78. The molecular formula is C17H13F2NO2S. The first-order valence-corrected chi connectivity index (χ1v) is 7.72. The highest BCUT2D eigenvalue weighted by molar-refractivity contribution is 8.00. The molecule has 1 heterocycles. The molecule has 0 spiro atoms. The zero-order chi connectivity index (χ0) is 16.7. The lowest BCUT2D eigenvalue weighted by molar-refractivity contribution is -0.110. The molecule has 3 rings (SSSR count). The predicted octanol–water partition coefficient (Wildman–Crippen LogP) is 4.04. The van der Waals surface area contributed by atoms with E-state index in [0.717, 1.165) is 12.5 Å². The van der Waals surface area contributed by atoms with Crippen LogP contribution in [0.2, 0.25) is 0 Å². The van der Waals surface area contributed by atoms with E-state index < -0.39 is 10.9 Å².